The number of morpholine rings is 1. The Balaban J connectivity index is 1.68. The van der Waals surface area contributed by atoms with Gasteiger partial charge in [-0.25, -0.2) is 0 Å². The second kappa shape index (κ2) is 7.74. The lowest BCUT2D eigenvalue weighted by Crippen LogP contribution is -2.37. The fourth-order valence-corrected chi connectivity index (χ4v) is 4.19. The minimum atomic E-state index is 0.711. The Morgan fingerprint density at radius 1 is 1.04 bits per heavy atom. The van der Waals surface area contributed by atoms with E-state index in [2.05, 4.69) is 56.0 Å². The third-order valence-electron chi connectivity index (χ3n) is 4.73. The molecule has 27 heavy (non-hydrogen) atoms. The number of hydrogen-bond donors (Lipinski definition) is 0. The van der Waals surface area contributed by atoms with Crippen LogP contribution < -0.4 is 4.90 Å². The number of anilines is 1. The predicted molar refractivity (Wildman–Crippen MR) is 105 cm³/mol. The van der Waals surface area contributed by atoms with Crippen LogP contribution in [0, 0.1) is 20.8 Å². The van der Waals surface area contributed by atoms with Crippen molar-refractivity contribution in [2.45, 2.75) is 31.7 Å². The average molecular weight is 385 g/mol. The highest BCUT2D eigenvalue weighted by molar-refractivity contribution is 7.98. The van der Waals surface area contributed by atoms with Crippen LogP contribution in [0.5, 0.6) is 0 Å². The predicted octanol–water partition coefficient (Wildman–Crippen LogP) is 3.31. The smallest absolute Gasteiger partial charge is 0.232 e. The standard InChI is InChI=1S/C19H23N5O2S/c1-13-4-6-16(7-5-13)24-18(23-8-10-25-11-9-23)20-21-19(24)27-12-17-14(2)22-26-15(17)3/h4-7H,8-12H2,1-3H3. The summed E-state index contributed by atoms with van der Waals surface area (Å²) in [4.78, 5) is 2.23. The zero-order chi connectivity index (χ0) is 18.8. The summed E-state index contributed by atoms with van der Waals surface area (Å²) >= 11 is 1.65. The van der Waals surface area contributed by atoms with E-state index >= 15 is 0 Å². The van der Waals surface area contributed by atoms with E-state index < -0.39 is 0 Å². The molecule has 4 rings (SSSR count). The van der Waals surface area contributed by atoms with Gasteiger partial charge in [-0.15, -0.1) is 10.2 Å². The SMILES string of the molecule is Cc1ccc(-n2c(SCc3c(C)noc3C)nnc2N2CCOCC2)cc1. The molecule has 7 nitrogen and oxygen atoms in total. The van der Waals surface area contributed by atoms with E-state index in [1.165, 1.54) is 5.56 Å². The second-order valence-electron chi connectivity index (χ2n) is 6.64. The van der Waals surface area contributed by atoms with Crippen LogP contribution in [0.2, 0.25) is 0 Å². The van der Waals surface area contributed by atoms with E-state index in [0.29, 0.717) is 13.2 Å². The zero-order valence-corrected chi connectivity index (χ0v) is 16.6. The molecular weight excluding hydrogens is 362 g/mol. The third-order valence-corrected chi connectivity index (χ3v) is 5.68. The van der Waals surface area contributed by atoms with Gasteiger partial charge in [0.05, 0.1) is 24.6 Å². The topological polar surface area (TPSA) is 69.2 Å². The summed E-state index contributed by atoms with van der Waals surface area (Å²) < 4.78 is 12.9. The number of aromatic nitrogens is 4. The molecule has 0 unspecified atom stereocenters. The lowest BCUT2D eigenvalue weighted by Gasteiger charge is -2.28. The summed E-state index contributed by atoms with van der Waals surface area (Å²) in [5.74, 6) is 2.46. The van der Waals surface area contributed by atoms with Crippen molar-refractivity contribution in [2.24, 2.45) is 0 Å². The lowest BCUT2D eigenvalue weighted by molar-refractivity contribution is 0.122. The first-order valence-corrected chi connectivity index (χ1v) is 10.0. The van der Waals surface area contributed by atoms with Crippen LogP contribution in [0.15, 0.2) is 33.9 Å². The zero-order valence-electron chi connectivity index (χ0n) is 15.8. The van der Waals surface area contributed by atoms with E-state index in [9.17, 15) is 0 Å². The van der Waals surface area contributed by atoms with Crippen molar-refractivity contribution in [1.29, 1.82) is 0 Å². The van der Waals surface area contributed by atoms with Gasteiger partial charge in [0.15, 0.2) is 5.16 Å². The molecule has 3 aromatic rings. The van der Waals surface area contributed by atoms with Crippen molar-refractivity contribution in [3.05, 3.63) is 46.8 Å². The van der Waals surface area contributed by atoms with Crippen molar-refractivity contribution in [3.8, 4) is 5.69 Å². The van der Waals surface area contributed by atoms with Gasteiger partial charge in [0.25, 0.3) is 0 Å². The molecule has 142 valence electrons. The van der Waals surface area contributed by atoms with Gasteiger partial charge in [0, 0.05) is 24.4 Å². The number of thioether (sulfide) groups is 1. The summed E-state index contributed by atoms with van der Waals surface area (Å²) in [6, 6.07) is 8.45. The van der Waals surface area contributed by atoms with E-state index in [0.717, 1.165) is 52.7 Å². The van der Waals surface area contributed by atoms with Crippen LogP contribution in [0.4, 0.5) is 5.95 Å². The fraction of sp³-hybridized carbons (Fsp3) is 0.421. The van der Waals surface area contributed by atoms with Crippen LogP contribution in [-0.4, -0.2) is 46.2 Å². The minimum Gasteiger partial charge on any atom is -0.378 e. The maximum atomic E-state index is 5.49. The van der Waals surface area contributed by atoms with Crippen LogP contribution >= 0.6 is 11.8 Å². The number of rotatable bonds is 5. The highest BCUT2D eigenvalue weighted by Gasteiger charge is 2.22. The van der Waals surface area contributed by atoms with E-state index in [1.54, 1.807) is 11.8 Å². The summed E-state index contributed by atoms with van der Waals surface area (Å²) in [5, 5.41) is 13.9. The number of hydrogen-bond acceptors (Lipinski definition) is 7. The largest absolute Gasteiger partial charge is 0.378 e. The van der Waals surface area contributed by atoms with Gasteiger partial charge < -0.3 is 14.2 Å². The summed E-state index contributed by atoms with van der Waals surface area (Å²) in [6.45, 7) is 9.06. The number of aryl methyl sites for hydroxylation is 3. The minimum absolute atomic E-state index is 0.711. The molecule has 1 fully saturated rings. The molecule has 1 aliphatic heterocycles. The van der Waals surface area contributed by atoms with Crippen LogP contribution in [0.3, 0.4) is 0 Å². The maximum absolute atomic E-state index is 5.49. The van der Waals surface area contributed by atoms with Crippen LogP contribution in [-0.2, 0) is 10.5 Å². The van der Waals surface area contributed by atoms with Crippen LogP contribution in [0.25, 0.3) is 5.69 Å². The second-order valence-corrected chi connectivity index (χ2v) is 7.59. The summed E-state index contributed by atoms with van der Waals surface area (Å²) in [7, 11) is 0. The molecule has 0 N–H and O–H groups in total. The Morgan fingerprint density at radius 3 is 2.44 bits per heavy atom. The molecule has 2 aromatic heterocycles. The van der Waals surface area contributed by atoms with E-state index in [-0.39, 0.29) is 0 Å². The maximum Gasteiger partial charge on any atom is 0.232 e. The van der Waals surface area contributed by atoms with E-state index in [4.69, 9.17) is 9.26 Å². The summed E-state index contributed by atoms with van der Waals surface area (Å²) in [5.41, 5.74) is 4.33. The van der Waals surface area contributed by atoms with Gasteiger partial charge >= 0.3 is 0 Å². The molecule has 3 heterocycles. The molecule has 1 aromatic carbocycles. The lowest BCUT2D eigenvalue weighted by atomic mass is 10.2. The molecule has 0 saturated carbocycles. The third kappa shape index (κ3) is 3.72. The first-order chi connectivity index (χ1) is 13.1. The van der Waals surface area contributed by atoms with E-state index in [1.807, 2.05) is 13.8 Å². The average Bonchev–Trinajstić information content (AvgIpc) is 3.25. The number of ether oxygens (including phenoxy) is 1. The molecule has 8 heteroatoms. The molecule has 0 amide bonds. The molecule has 0 bridgehead atoms. The van der Waals surface area contributed by atoms with Crippen molar-refractivity contribution < 1.29 is 9.26 Å². The van der Waals surface area contributed by atoms with Gasteiger partial charge in [-0.1, -0.05) is 34.6 Å². The highest BCUT2D eigenvalue weighted by atomic mass is 32.2. The Morgan fingerprint density at radius 2 is 1.78 bits per heavy atom. The van der Waals surface area contributed by atoms with Crippen molar-refractivity contribution in [3.63, 3.8) is 0 Å². The molecule has 1 saturated heterocycles. The first-order valence-electron chi connectivity index (χ1n) is 9.03. The highest BCUT2D eigenvalue weighted by Crippen LogP contribution is 2.30. The Kier molecular flexibility index (Phi) is 5.18. The normalized spacial score (nSPS) is 14.7. The molecule has 1 aliphatic rings. The van der Waals surface area contributed by atoms with Crippen molar-refractivity contribution in [2.75, 3.05) is 31.2 Å². The number of nitrogens with zero attached hydrogens (tertiary/aromatic N) is 5. The first kappa shape index (κ1) is 18.1. The molecule has 0 radical (unpaired) electrons. The molecule has 0 atom stereocenters. The monoisotopic (exact) mass is 385 g/mol. The molecular formula is C19H23N5O2S. The summed E-state index contributed by atoms with van der Waals surface area (Å²) in [6.07, 6.45) is 0. The van der Waals surface area contributed by atoms with Gasteiger partial charge in [0.2, 0.25) is 5.95 Å². The van der Waals surface area contributed by atoms with Gasteiger partial charge in [-0.05, 0) is 32.9 Å². The quantitative estimate of drug-likeness (QED) is 0.624. The van der Waals surface area contributed by atoms with Gasteiger partial charge in [0.1, 0.15) is 5.76 Å². The Hall–Kier alpha value is -2.32. The molecule has 0 aliphatic carbocycles. The van der Waals surface area contributed by atoms with Gasteiger partial charge in [-0.3, -0.25) is 4.57 Å². The Bertz CT molecular complexity index is 893. The van der Waals surface area contributed by atoms with Crippen molar-refractivity contribution in [1.82, 2.24) is 19.9 Å². The Labute approximate surface area is 162 Å². The number of benzene rings is 1. The molecule has 0 spiro atoms. The van der Waals surface area contributed by atoms with Crippen LogP contribution in [0.1, 0.15) is 22.6 Å². The van der Waals surface area contributed by atoms with Crippen molar-refractivity contribution >= 4 is 17.7 Å². The fourth-order valence-electron chi connectivity index (χ4n) is 3.09. The van der Waals surface area contributed by atoms with Gasteiger partial charge in [-0.2, -0.15) is 0 Å².